The van der Waals surface area contributed by atoms with Gasteiger partial charge in [-0.3, -0.25) is 4.68 Å². The predicted octanol–water partition coefficient (Wildman–Crippen LogP) is 1.67. The molecule has 0 fully saturated rings. The highest BCUT2D eigenvalue weighted by molar-refractivity contribution is 5.20. The number of methoxy groups -OCH3 is 1. The van der Waals surface area contributed by atoms with E-state index in [0.29, 0.717) is 5.88 Å². The van der Waals surface area contributed by atoms with E-state index in [1.54, 1.807) is 13.4 Å². The SMILES string of the molecule is CCNC(Cc1cc(CC)nn1C)c1cc(OC)ncn1. The first-order valence-electron chi connectivity index (χ1n) is 7.29. The lowest BCUT2D eigenvalue weighted by Crippen LogP contribution is -2.25. The van der Waals surface area contributed by atoms with Crippen LogP contribution in [0.4, 0.5) is 0 Å². The van der Waals surface area contributed by atoms with Crippen LogP contribution in [0.3, 0.4) is 0 Å². The molecule has 0 aliphatic heterocycles. The first-order chi connectivity index (χ1) is 10.2. The summed E-state index contributed by atoms with van der Waals surface area (Å²) in [5, 5.41) is 7.97. The molecule has 0 aliphatic rings. The number of likely N-dealkylation sites (N-methyl/N-ethyl adjacent to an activating group) is 1. The van der Waals surface area contributed by atoms with Gasteiger partial charge in [0.15, 0.2) is 0 Å². The largest absolute Gasteiger partial charge is 0.481 e. The molecule has 6 heteroatoms. The van der Waals surface area contributed by atoms with E-state index >= 15 is 0 Å². The lowest BCUT2D eigenvalue weighted by Gasteiger charge is -2.17. The molecule has 0 bridgehead atoms. The molecule has 114 valence electrons. The summed E-state index contributed by atoms with van der Waals surface area (Å²) >= 11 is 0. The fourth-order valence-corrected chi connectivity index (χ4v) is 2.33. The maximum Gasteiger partial charge on any atom is 0.216 e. The van der Waals surface area contributed by atoms with Gasteiger partial charge in [-0.2, -0.15) is 5.10 Å². The molecule has 0 spiro atoms. The van der Waals surface area contributed by atoms with Crippen LogP contribution in [0.15, 0.2) is 18.5 Å². The van der Waals surface area contributed by atoms with Crippen molar-refractivity contribution in [3.05, 3.63) is 35.5 Å². The van der Waals surface area contributed by atoms with Crippen molar-refractivity contribution in [3.8, 4) is 5.88 Å². The molecule has 6 nitrogen and oxygen atoms in total. The van der Waals surface area contributed by atoms with E-state index in [2.05, 4.69) is 40.3 Å². The minimum absolute atomic E-state index is 0.118. The van der Waals surface area contributed by atoms with Crippen molar-refractivity contribution in [1.82, 2.24) is 25.1 Å². The fraction of sp³-hybridized carbons (Fsp3) is 0.533. The summed E-state index contributed by atoms with van der Waals surface area (Å²) in [7, 11) is 3.60. The van der Waals surface area contributed by atoms with Crippen LogP contribution in [-0.2, 0) is 19.9 Å². The highest BCUT2D eigenvalue weighted by Gasteiger charge is 2.16. The van der Waals surface area contributed by atoms with Crippen molar-refractivity contribution >= 4 is 0 Å². The summed E-state index contributed by atoms with van der Waals surface area (Å²) in [6.07, 6.45) is 3.32. The van der Waals surface area contributed by atoms with Crippen molar-refractivity contribution < 1.29 is 4.74 Å². The third kappa shape index (κ3) is 3.78. The zero-order valence-corrected chi connectivity index (χ0v) is 13.1. The number of nitrogens with zero attached hydrogens (tertiary/aromatic N) is 4. The highest BCUT2D eigenvalue weighted by Crippen LogP contribution is 2.19. The first kappa shape index (κ1) is 15.4. The Kier molecular flexibility index (Phi) is 5.27. The van der Waals surface area contributed by atoms with Gasteiger partial charge in [0, 0.05) is 25.2 Å². The predicted molar refractivity (Wildman–Crippen MR) is 81.3 cm³/mol. The Morgan fingerprint density at radius 3 is 2.71 bits per heavy atom. The topological polar surface area (TPSA) is 64.9 Å². The summed E-state index contributed by atoms with van der Waals surface area (Å²) in [4.78, 5) is 8.44. The van der Waals surface area contributed by atoms with Gasteiger partial charge in [-0.05, 0) is 19.0 Å². The van der Waals surface area contributed by atoms with Crippen LogP contribution in [0, 0.1) is 0 Å². The Hall–Kier alpha value is -1.95. The van der Waals surface area contributed by atoms with Crippen LogP contribution >= 0.6 is 0 Å². The minimum Gasteiger partial charge on any atom is -0.481 e. The molecule has 1 atom stereocenters. The molecule has 1 unspecified atom stereocenters. The van der Waals surface area contributed by atoms with E-state index in [9.17, 15) is 0 Å². The van der Waals surface area contributed by atoms with Gasteiger partial charge in [0.05, 0.1) is 24.5 Å². The molecule has 1 N–H and O–H groups in total. The number of rotatable bonds is 7. The summed E-state index contributed by atoms with van der Waals surface area (Å²) in [5.41, 5.74) is 3.24. The lowest BCUT2D eigenvalue weighted by molar-refractivity contribution is 0.393. The second-order valence-electron chi connectivity index (χ2n) is 4.90. The number of nitrogens with one attached hydrogen (secondary N) is 1. The third-order valence-electron chi connectivity index (χ3n) is 3.48. The van der Waals surface area contributed by atoms with Crippen LogP contribution in [0.25, 0.3) is 0 Å². The van der Waals surface area contributed by atoms with E-state index < -0.39 is 0 Å². The molecule has 2 rings (SSSR count). The van der Waals surface area contributed by atoms with Gasteiger partial charge in [0.25, 0.3) is 0 Å². The minimum atomic E-state index is 0.118. The van der Waals surface area contributed by atoms with Crippen LogP contribution in [0.2, 0.25) is 0 Å². The zero-order valence-electron chi connectivity index (χ0n) is 13.1. The monoisotopic (exact) mass is 289 g/mol. The number of ether oxygens (including phenoxy) is 1. The van der Waals surface area contributed by atoms with Crippen LogP contribution in [0.5, 0.6) is 5.88 Å². The molecule has 21 heavy (non-hydrogen) atoms. The Morgan fingerprint density at radius 2 is 2.10 bits per heavy atom. The zero-order chi connectivity index (χ0) is 15.2. The van der Waals surface area contributed by atoms with Gasteiger partial charge in [-0.25, -0.2) is 9.97 Å². The van der Waals surface area contributed by atoms with E-state index in [1.807, 2.05) is 17.8 Å². The Morgan fingerprint density at radius 1 is 1.29 bits per heavy atom. The number of hydrogen-bond donors (Lipinski definition) is 1. The molecule has 2 aromatic rings. The van der Waals surface area contributed by atoms with Crippen LogP contribution in [-0.4, -0.2) is 33.4 Å². The molecule has 2 aromatic heterocycles. The number of aromatic nitrogens is 4. The van der Waals surface area contributed by atoms with E-state index in [1.165, 1.54) is 5.69 Å². The number of aryl methyl sites for hydroxylation is 2. The van der Waals surface area contributed by atoms with E-state index in [4.69, 9.17) is 4.74 Å². The molecule has 0 radical (unpaired) electrons. The fourth-order valence-electron chi connectivity index (χ4n) is 2.33. The van der Waals surface area contributed by atoms with Gasteiger partial charge in [-0.1, -0.05) is 13.8 Å². The first-order valence-corrected chi connectivity index (χ1v) is 7.29. The summed E-state index contributed by atoms with van der Waals surface area (Å²) in [5.74, 6) is 0.585. The van der Waals surface area contributed by atoms with Crippen LogP contribution < -0.4 is 10.1 Å². The molecular weight excluding hydrogens is 266 g/mol. The second-order valence-corrected chi connectivity index (χ2v) is 4.90. The van der Waals surface area contributed by atoms with Crippen LogP contribution in [0.1, 0.15) is 37.0 Å². The average Bonchev–Trinajstić information content (AvgIpc) is 2.87. The molecule has 0 aliphatic carbocycles. The summed E-state index contributed by atoms with van der Waals surface area (Å²) in [6, 6.07) is 4.15. The lowest BCUT2D eigenvalue weighted by atomic mass is 10.1. The molecule has 2 heterocycles. The summed E-state index contributed by atoms with van der Waals surface area (Å²) < 4.78 is 7.13. The Bertz CT molecular complexity index is 581. The van der Waals surface area contributed by atoms with Crippen molar-refractivity contribution in [2.45, 2.75) is 32.7 Å². The van der Waals surface area contributed by atoms with Crippen molar-refractivity contribution in [1.29, 1.82) is 0 Å². The molecular formula is C15H23N5O. The smallest absolute Gasteiger partial charge is 0.216 e. The van der Waals surface area contributed by atoms with Gasteiger partial charge < -0.3 is 10.1 Å². The molecule has 0 saturated heterocycles. The Balaban J connectivity index is 2.23. The Labute approximate surface area is 125 Å². The quantitative estimate of drug-likeness (QED) is 0.840. The standard InChI is InChI=1S/C15H23N5O/c1-5-11-7-12(20(3)19-11)8-13(16-6-2)14-9-15(21-4)18-10-17-14/h7,9-10,13,16H,5-6,8H2,1-4H3. The maximum absolute atomic E-state index is 5.18. The van der Waals surface area contributed by atoms with Gasteiger partial charge >= 0.3 is 0 Å². The average molecular weight is 289 g/mol. The molecule has 0 aromatic carbocycles. The van der Waals surface area contributed by atoms with Gasteiger partial charge in [-0.15, -0.1) is 0 Å². The highest BCUT2D eigenvalue weighted by atomic mass is 16.5. The third-order valence-corrected chi connectivity index (χ3v) is 3.48. The van der Waals surface area contributed by atoms with Gasteiger partial charge in [0.1, 0.15) is 6.33 Å². The van der Waals surface area contributed by atoms with Crippen molar-refractivity contribution in [2.24, 2.45) is 7.05 Å². The molecule has 0 saturated carbocycles. The normalized spacial score (nSPS) is 12.4. The van der Waals surface area contributed by atoms with Crippen molar-refractivity contribution in [3.63, 3.8) is 0 Å². The maximum atomic E-state index is 5.18. The van der Waals surface area contributed by atoms with E-state index in [0.717, 1.165) is 30.8 Å². The molecule has 0 amide bonds. The van der Waals surface area contributed by atoms with E-state index in [-0.39, 0.29) is 6.04 Å². The number of hydrogen-bond acceptors (Lipinski definition) is 5. The summed E-state index contributed by atoms with van der Waals surface area (Å²) in [6.45, 7) is 5.07. The van der Waals surface area contributed by atoms with Gasteiger partial charge in [0.2, 0.25) is 5.88 Å². The second kappa shape index (κ2) is 7.17. The van der Waals surface area contributed by atoms with Crippen molar-refractivity contribution in [2.75, 3.05) is 13.7 Å².